The van der Waals surface area contributed by atoms with Crippen molar-refractivity contribution in [3.63, 3.8) is 0 Å². The minimum atomic E-state index is -6.82. The summed E-state index contributed by atoms with van der Waals surface area (Å²) in [7, 11) is 4.76. The van der Waals surface area contributed by atoms with Crippen molar-refractivity contribution in [1.29, 1.82) is 0 Å². The average molecular weight is 847 g/mol. The summed E-state index contributed by atoms with van der Waals surface area (Å²) in [4.78, 5) is 30.5. The molecule has 1 aliphatic heterocycles. The second kappa shape index (κ2) is 18.0. The van der Waals surface area contributed by atoms with Crippen molar-refractivity contribution < 1.29 is 69.4 Å². The third-order valence-electron chi connectivity index (χ3n) is 13.3. The van der Waals surface area contributed by atoms with E-state index >= 15 is 0 Å². The van der Waals surface area contributed by atoms with Crippen LogP contribution >= 0.6 is 0 Å². The summed E-state index contributed by atoms with van der Waals surface area (Å²) in [5.74, 6) is 1.06. The lowest BCUT2D eigenvalue weighted by Gasteiger charge is -2.52. The van der Waals surface area contributed by atoms with Gasteiger partial charge in [-0.25, -0.2) is 0 Å². The Hall–Kier alpha value is -2.83. The van der Waals surface area contributed by atoms with Crippen molar-refractivity contribution in [3.8, 4) is 5.75 Å². The van der Waals surface area contributed by atoms with Crippen LogP contribution in [0.1, 0.15) is 83.1 Å². The fourth-order valence-corrected chi connectivity index (χ4v) is 10.2. The van der Waals surface area contributed by atoms with Crippen LogP contribution in [0.2, 0.25) is 0 Å². The molecule has 3 aliphatic carbocycles. The quantitative estimate of drug-likeness (QED) is 0.0960. The van der Waals surface area contributed by atoms with Crippen LogP contribution in [0.25, 0.3) is 0 Å². The maximum Gasteiger partial charge on any atom is 0.435 e. The Kier molecular flexibility index (Phi) is 13.9. The summed E-state index contributed by atoms with van der Waals surface area (Å²) in [6.07, 6.45) is -13.0. The number of ether oxygens (including phenoxy) is 4. The highest BCUT2D eigenvalue weighted by molar-refractivity contribution is 5.78. The number of benzene rings is 1. The number of carbonyl (C=O) groups excluding carboxylic acids is 2. The molecule has 1 amide bonds. The lowest BCUT2D eigenvalue weighted by atomic mass is 9.55. The molecule has 1 aromatic carbocycles. The zero-order valence-corrected chi connectivity index (χ0v) is 33.4. The second-order valence-electron chi connectivity index (χ2n) is 16.8. The summed E-state index contributed by atoms with van der Waals surface area (Å²) in [5, 5.41) is 0. The number of alkyl halides is 9. The molecule has 0 spiro atoms. The highest BCUT2D eigenvalue weighted by Crippen LogP contribution is 2.62. The normalized spacial score (nSPS) is 28.1. The largest absolute Gasteiger partial charge is 0.493 e. The monoisotopic (exact) mass is 846 g/mol. The summed E-state index contributed by atoms with van der Waals surface area (Å²) >= 11 is 0. The van der Waals surface area contributed by atoms with E-state index in [4.69, 9.17) is 15.6 Å². The zero-order valence-electron chi connectivity index (χ0n) is 34.4. The first-order valence-electron chi connectivity index (χ1n) is 20.6. The zero-order chi connectivity index (χ0) is 43.6. The van der Waals surface area contributed by atoms with Crippen LogP contribution in [0, 0.1) is 17.3 Å². The van der Waals surface area contributed by atoms with E-state index in [0.717, 1.165) is 55.7 Å². The van der Waals surface area contributed by atoms with Crippen molar-refractivity contribution >= 4 is 11.9 Å². The van der Waals surface area contributed by atoms with E-state index in [9.17, 15) is 49.1 Å². The lowest BCUT2D eigenvalue weighted by Crippen LogP contribution is -2.68. The van der Waals surface area contributed by atoms with Gasteiger partial charge in [-0.15, -0.1) is 0 Å². The molecular weight excluding hydrogens is 789 g/mol. The van der Waals surface area contributed by atoms with Gasteiger partial charge in [0.1, 0.15) is 5.75 Å². The van der Waals surface area contributed by atoms with E-state index in [2.05, 4.69) is 28.7 Å². The van der Waals surface area contributed by atoms with Gasteiger partial charge in [-0.05, 0) is 112 Å². The Labute approximate surface area is 335 Å². The Balaban J connectivity index is 1.07. The van der Waals surface area contributed by atoms with E-state index in [1.54, 1.807) is 11.9 Å². The molecule has 9 nitrogen and oxygen atoms in total. The molecule has 0 radical (unpaired) electrons. The van der Waals surface area contributed by atoms with Gasteiger partial charge in [0.05, 0.1) is 33.8 Å². The summed E-state index contributed by atoms with van der Waals surface area (Å²) < 4.78 is 147. The van der Waals surface area contributed by atoms with Gasteiger partial charge in [0, 0.05) is 52.1 Å². The van der Waals surface area contributed by atoms with Crippen LogP contribution in [-0.2, 0) is 30.2 Å². The van der Waals surface area contributed by atoms with Gasteiger partial charge < -0.3 is 28.7 Å². The highest BCUT2D eigenvalue weighted by atomic mass is 19.4. The summed E-state index contributed by atoms with van der Waals surface area (Å²) in [6, 6.07) is 6.24. The van der Waals surface area contributed by atoms with Gasteiger partial charge in [-0.2, -0.15) is 39.5 Å². The molecular formula is C40H56F9N3O6. The summed E-state index contributed by atoms with van der Waals surface area (Å²) in [5.41, 5.74) is -4.07. The number of halogens is 9. The second-order valence-corrected chi connectivity index (χ2v) is 16.8. The molecule has 0 bridgehead atoms. The van der Waals surface area contributed by atoms with Crippen LogP contribution in [0.5, 0.6) is 5.75 Å². The number of aryl methyl sites for hydroxylation is 1. The predicted molar refractivity (Wildman–Crippen MR) is 194 cm³/mol. The van der Waals surface area contributed by atoms with Crippen LogP contribution in [0.15, 0.2) is 18.2 Å². The molecule has 2 saturated carbocycles. The topological polar surface area (TPSA) is 80.8 Å². The number of likely N-dealkylation sites (tertiary alicyclic amines) is 1. The van der Waals surface area contributed by atoms with Crippen molar-refractivity contribution in [1.82, 2.24) is 14.7 Å². The molecule has 1 aromatic rings. The maximum absolute atomic E-state index is 13.4. The first-order valence-corrected chi connectivity index (χ1v) is 19.8. The maximum atomic E-state index is 13.4. The third-order valence-corrected chi connectivity index (χ3v) is 13.3. The first kappa shape index (κ1) is 44.7. The van der Waals surface area contributed by atoms with Gasteiger partial charge in [-0.3, -0.25) is 14.5 Å². The fourth-order valence-electron chi connectivity index (χ4n) is 10.2. The summed E-state index contributed by atoms with van der Waals surface area (Å²) in [6.45, 7) is 0.774. The molecule has 5 rings (SSSR count). The molecule has 18 heteroatoms. The Morgan fingerprint density at radius 3 is 2.34 bits per heavy atom. The molecule has 5 unspecified atom stereocenters. The smallest absolute Gasteiger partial charge is 0.435 e. The molecule has 330 valence electrons. The Morgan fingerprint density at radius 1 is 0.966 bits per heavy atom. The third kappa shape index (κ3) is 9.54. The number of methoxy groups -OCH3 is 1. The van der Waals surface area contributed by atoms with Crippen LogP contribution in [0.4, 0.5) is 39.5 Å². The molecule has 4 aliphatic rings. The minimum absolute atomic E-state index is 0.0263. The van der Waals surface area contributed by atoms with E-state index in [0.29, 0.717) is 50.0 Å². The molecule has 7 atom stereocenters. The molecule has 1 heterocycles. The van der Waals surface area contributed by atoms with Gasteiger partial charge >= 0.3 is 30.1 Å². The van der Waals surface area contributed by atoms with E-state index in [-0.39, 0.29) is 43.3 Å². The number of esters is 1. The van der Waals surface area contributed by atoms with Gasteiger partial charge in [0.15, 0.2) is 0 Å². The van der Waals surface area contributed by atoms with E-state index < -0.39 is 49.7 Å². The SMILES string of the molecule is [2H]COC1CC(CCC(=O)OCCCOc2ccc3c(c2)CCC2C3CC[C@@]3(C)C2CC[C@@H]3N(C)C(=O)CN(C)CCOC(C(F)(F)F)(C(F)(F)F)C(F)(F)F)N(C)C1. The van der Waals surface area contributed by atoms with Crippen molar-refractivity contribution in [3.05, 3.63) is 29.3 Å². The number of hydrogen-bond acceptors (Lipinski definition) is 8. The van der Waals surface area contributed by atoms with Crippen molar-refractivity contribution in [2.75, 3.05) is 67.7 Å². The van der Waals surface area contributed by atoms with Crippen LogP contribution in [0.3, 0.4) is 0 Å². The Morgan fingerprint density at radius 2 is 1.67 bits per heavy atom. The van der Waals surface area contributed by atoms with Crippen molar-refractivity contribution in [2.45, 2.75) is 119 Å². The molecule has 1 saturated heterocycles. The molecule has 3 fully saturated rings. The number of amides is 1. The number of rotatable bonds is 16. The number of hydrogen-bond donors (Lipinski definition) is 0. The lowest BCUT2D eigenvalue weighted by molar-refractivity contribution is -0.457. The Bertz CT molecular complexity index is 1560. The molecule has 58 heavy (non-hydrogen) atoms. The van der Waals surface area contributed by atoms with Crippen molar-refractivity contribution in [2.24, 2.45) is 17.3 Å². The molecule has 0 aromatic heterocycles. The average Bonchev–Trinajstić information content (AvgIpc) is 3.68. The van der Waals surface area contributed by atoms with Crippen LogP contribution in [-0.4, -0.2) is 137 Å². The molecule has 0 N–H and O–H groups in total. The number of likely N-dealkylation sites (N-methyl/N-ethyl adjacent to an activating group) is 3. The van der Waals surface area contributed by atoms with Gasteiger partial charge in [0.2, 0.25) is 5.91 Å². The fraction of sp³-hybridized carbons (Fsp3) is 0.800. The number of nitrogens with zero attached hydrogens (tertiary/aromatic N) is 3. The van der Waals surface area contributed by atoms with Gasteiger partial charge in [-0.1, -0.05) is 13.0 Å². The first-order chi connectivity index (χ1) is 27.5. The minimum Gasteiger partial charge on any atom is -0.493 e. The number of carbonyl (C=O) groups is 2. The van der Waals surface area contributed by atoms with E-state index in [1.165, 1.54) is 18.2 Å². The highest BCUT2D eigenvalue weighted by Gasteiger charge is 2.85. The van der Waals surface area contributed by atoms with E-state index in [1.807, 2.05) is 13.1 Å². The van der Waals surface area contributed by atoms with Gasteiger partial charge in [0.25, 0.3) is 0 Å². The van der Waals surface area contributed by atoms with Crippen LogP contribution < -0.4 is 4.74 Å². The predicted octanol–water partition coefficient (Wildman–Crippen LogP) is 7.56. The standard InChI is InChI=1S/C40H56F9N3O6/c1-36-16-15-30-29-11-9-27(56-18-6-19-57-35(54)14-8-26-22-28(55-5)23-51(26)3)21-25(29)7-10-31(30)32(36)12-13-33(36)52(4)34(53)24-50(2)17-20-58-37(38(41,42)43,39(44,45)46)40(47,48)49/h9,11,21,26,28,30-33H,6-8,10,12-20,22-24H2,1-5H3/t26?,28?,30?,31?,32?,33-,36-/m0/s1/i5D. The number of fused-ring (bicyclic) bond motifs is 5.